The normalized spacial score (nSPS) is 12.1. The van der Waals surface area contributed by atoms with Crippen molar-refractivity contribution in [2.45, 2.75) is 31.7 Å². The Bertz CT molecular complexity index is 1200. The third-order valence-corrected chi connectivity index (χ3v) is 7.19. The van der Waals surface area contributed by atoms with E-state index in [1.165, 1.54) is 12.1 Å². The van der Waals surface area contributed by atoms with Crippen LogP contribution in [0.15, 0.2) is 77.7 Å². The van der Waals surface area contributed by atoms with Crippen LogP contribution >= 0.6 is 11.6 Å². The number of carbonyl (C=O) groups is 1. The number of nitrogens with one attached hydrogen (secondary N) is 1. The van der Waals surface area contributed by atoms with Crippen molar-refractivity contribution in [1.82, 2.24) is 5.32 Å². The monoisotopic (exact) mass is 486 g/mol. The summed E-state index contributed by atoms with van der Waals surface area (Å²) in [6.07, 6.45) is 0. The number of hydrogen-bond acceptors (Lipinski definition) is 4. The first-order valence-corrected chi connectivity index (χ1v) is 12.3. The number of carbonyl (C=O) groups excluding carboxylic acids is 1. The Hall–Kier alpha value is -3.03. The van der Waals surface area contributed by atoms with E-state index >= 15 is 0 Å². The second-order valence-electron chi connectivity index (χ2n) is 7.85. The van der Waals surface area contributed by atoms with E-state index in [4.69, 9.17) is 16.3 Å². The van der Waals surface area contributed by atoms with Gasteiger partial charge in [0.2, 0.25) is 5.91 Å². The number of rotatable bonds is 9. The van der Waals surface area contributed by atoms with E-state index in [1.807, 2.05) is 38.1 Å². The van der Waals surface area contributed by atoms with Crippen LogP contribution in [0, 0.1) is 13.8 Å². The summed E-state index contributed by atoms with van der Waals surface area (Å²) < 4.78 is 33.5. The van der Waals surface area contributed by atoms with Crippen molar-refractivity contribution in [2.75, 3.05) is 17.5 Å². The number of ether oxygens (including phenoxy) is 1. The minimum Gasteiger partial charge on any atom is -0.491 e. The second-order valence-corrected chi connectivity index (χ2v) is 10.1. The Kier molecular flexibility index (Phi) is 8.00. The van der Waals surface area contributed by atoms with Gasteiger partial charge >= 0.3 is 0 Å². The summed E-state index contributed by atoms with van der Waals surface area (Å²) in [5.74, 6) is 0.246. The molecule has 0 aliphatic carbocycles. The van der Waals surface area contributed by atoms with Crippen molar-refractivity contribution in [3.8, 4) is 5.75 Å². The average Bonchev–Trinajstić information content (AvgIpc) is 2.79. The molecule has 0 radical (unpaired) electrons. The maximum Gasteiger partial charge on any atom is 0.264 e. The molecule has 0 saturated carbocycles. The van der Waals surface area contributed by atoms with E-state index in [1.54, 1.807) is 43.3 Å². The fraction of sp³-hybridized carbons (Fsp3) is 0.240. The Morgan fingerprint density at radius 3 is 2.33 bits per heavy atom. The zero-order chi connectivity index (χ0) is 24.0. The molecule has 8 heteroatoms. The second kappa shape index (κ2) is 10.7. The van der Waals surface area contributed by atoms with Crippen LogP contribution in [-0.2, 0) is 14.8 Å². The van der Waals surface area contributed by atoms with Gasteiger partial charge < -0.3 is 10.1 Å². The molecule has 33 heavy (non-hydrogen) atoms. The molecule has 6 nitrogen and oxygen atoms in total. The molecule has 1 N–H and O–H groups in total. The zero-order valence-electron chi connectivity index (χ0n) is 18.8. The quantitative estimate of drug-likeness (QED) is 0.474. The van der Waals surface area contributed by atoms with Crippen LogP contribution in [-0.4, -0.2) is 33.5 Å². The number of nitrogens with zero attached hydrogens (tertiary/aromatic N) is 1. The van der Waals surface area contributed by atoms with Gasteiger partial charge in [0.25, 0.3) is 10.0 Å². The van der Waals surface area contributed by atoms with Crippen LogP contribution in [0.3, 0.4) is 0 Å². The summed E-state index contributed by atoms with van der Waals surface area (Å²) in [7, 11) is -3.99. The van der Waals surface area contributed by atoms with E-state index in [0.717, 1.165) is 15.4 Å². The average molecular weight is 487 g/mol. The maximum atomic E-state index is 13.4. The van der Waals surface area contributed by atoms with Gasteiger partial charge in [0.15, 0.2) is 0 Å². The van der Waals surface area contributed by atoms with Crippen molar-refractivity contribution in [2.24, 2.45) is 0 Å². The van der Waals surface area contributed by atoms with E-state index in [-0.39, 0.29) is 17.5 Å². The highest BCUT2D eigenvalue weighted by molar-refractivity contribution is 7.92. The number of amides is 1. The van der Waals surface area contributed by atoms with E-state index in [2.05, 4.69) is 5.32 Å². The van der Waals surface area contributed by atoms with Gasteiger partial charge in [-0.1, -0.05) is 53.6 Å². The summed E-state index contributed by atoms with van der Waals surface area (Å²) in [6.45, 7) is 5.46. The molecule has 0 fully saturated rings. The number of benzene rings is 3. The molecule has 0 saturated heterocycles. The minimum absolute atomic E-state index is 0.0882. The van der Waals surface area contributed by atoms with Gasteiger partial charge in [-0.2, -0.15) is 0 Å². The van der Waals surface area contributed by atoms with Crippen molar-refractivity contribution >= 4 is 33.2 Å². The Morgan fingerprint density at radius 2 is 1.70 bits per heavy atom. The molecule has 3 aromatic carbocycles. The standard InChI is InChI=1S/C25H27ClN2O4S/c1-18-9-13-22(14-10-18)32-17-20(3)27-25(29)16-28(21-12-11-19(2)24(26)15-21)33(30,31)23-7-5-4-6-8-23/h4-15,20H,16-17H2,1-3H3,(H,27,29). The van der Waals surface area contributed by atoms with E-state index in [9.17, 15) is 13.2 Å². The van der Waals surface area contributed by atoms with Crippen LogP contribution in [0.25, 0.3) is 0 Å². The summed E-state index contributed by atoms with van der Waals surface area (Å²) in [4.78, 5) is 12.9. The first kappa shape index (κ1) is 24.6. The van der Waals surface area contributed by atoms with Crippen LogP contribution < -0.4 is 14.4 Å². The van der Waals surface area contributed by atoms with E-state index in [0.29, 0.717) is 16.5 Å². The highest BCUT2D eigenvalue weighted by atomic mass is 35.5. The zero-order valence-corrected chi connectivity index (χ0v) is 20.4. The topological polar surface area (TPSA) is 75.7 Å². The van der Waals surface area contributed by atoms with E-state index < -0.39 is 22.5 Å². The van der Waals surface area contributed by atoms with Crippen molar-refractivity contribution in [1.29, 1.82) is 0 Å². The molecule has 3 aromatic rings. The third-order valence-electron chi connectivity index (χ3n) is 4.99. The van der Waals surface area contributed by atoms with Crippen molar-refractivity contribution in [3.63, 3.8) is 0 Å². The molecule has 1 amide bonds. The van der Waals surface area contributed by atoms with Gasteiger partial charge in [0.1, 0.15) is 18.9 Å². The number of hydrogen-bond donors (Lipinski definition) is 1. The van der Waals surface area contributed by atoms with Gasteiger partial charge in [-0.15, -0.1) is 0 Å². The Morgan fingerprint density at radius 1 is 1.03 bits per heavy atom. The molecule has 0 aliphatic heterocycles. The molecule has 0 heterocycles. The van der Waals surface area contributed by atoms with Gasteiger partial charge in [-0.25, -0.2) is 8.42 Å². The fourth-order valence-corrected chi connectivity index (χ4v) is 4.73. The number of sulfonamides is 1. The van der Waals surface area contributed by atoms with Gasteiger partial charge in [0, 0.05) is 5.02 Å². The lowest BCUT2D eigenvalue weighted by atomic mass is 10.2. The van der Waals surface area contributed by atoms with Crippen molar-refractivity contribution in [3.05, 3.63) is 88.9 Å². The number of aryl methyl sites for hydroxylation is 2. The first-order valence-electron chi connectivity index (χ1n) is 10.5. The summed E-state index contributed by atoms with van der Waals surface area (Å²) >= 11 is 6.25. The lowest BCUT2D eigenvalue weighted by molar-refractivity contribution is -0.120. The molecule has 3 rings (SSSR count). The van der Waals surface area contributed by atoms with Gasteiger partial charge in [0.05, 0.1) is 16.6 Å². The molecule has 174 valence electrons. The third kappa shape index (κ3) is 6.49. The lowest BCUT2D eigenvalue weighted by Gasteiger charge is -2.25. The summed E-state index contributed by atoms with van der Waals surface area (Å²) in [5.41, 5.74) is 2.25. The highest BCUT2D eigenvalue weighted by Crippen LogP contribution is 2.28. The minimum atomic E-state index is -3.99. The van der Waals surface area contributed by atoms with Gasteiger partial charge in [-0.3, -0.25) is 9.10 Å². The molecule has 0 aliphatic rings. The molecule has 0 spiro atoms. The first-order chi connectivity index (χ1) is 15.7. The molecule has 1 atom stereocenters. The predicted molar refractivity (Wildman–Crippen MR) is 131 cm³/mol. The molecule has 0 bridgehead atoms. The molecular weight excluding hydrogens is 460 g/mol. The number of halogens is 1. The highest BCUT2D eigenvalue weighted by Gasteiger charge is 2.28. The van der Waals surface area contributed by atoms with Crippen LogP contribution in [0.1, 0.15) is 18.1 Å². The lowest BCUT2D eigenvalue weighted by Crippen LogP contribution is -2.45. The molecule has 1 unspecified atom stereocenters. The maximum absolute atomic E-state index is 13.4. The Labute approximate surface area is 200 Å². The van der Waals surface area contributed by atoms with Crippen LogP contribution in [0.2, 0.25) is 5.02 Å². The smallest absolute Gasteiger partial charge is 0.264 e. The van der Waals surface area contributed by atoms with Crippen molar-refractivity contribution < 1.29 is 17.9 Å². The summed E-state index contributed by atoms with van der Waals surface area (Å²) in [5, 5.41) is 3.23. The van der Waals surface area contributed by atoms with Crippen LogP contribution in [0.5, 0.6) is 5.75 Å². The number of anilines is 1. The Balaban J connectivity index is 1.75. The SMILES string of the molecule is Cc1ccc(OCC(C)NC(=O)CN(c2ccc(C)c(Cl)c2)S(=O)(=O)c2ccccc2)cc1. The fourth-order valence-electron chi connectivity index (χ4n) is 3.12. The largest absolute Gasteiger partial charge is 0.491 e. The van der Waals surface area contributed by atoms with Crippen LogP contribution in [0.4, 0.5) is 5.69 Å². The predicted octanol–water partition coefficient (Wildman–Crippen LogP) is 4.74. The molecule has 0 aromatic heterocycles. The summed E-state index contributed by atoms with van der Waals surface area (Å²) in [6, 6.07) is 20.2. The molecular formula is C25H27ClN2O4S. The van der Waals surface area contributed by atoms with Gasteiger partial charge in [-0.05, 0) is 62.7 Å².